The minimum Gasteiger partial charge on any atom is -0.463 e. The Morgan fingerprint density at radius 2 is 1.51 bits per heavy atom. The zero-order valence-electron chi connectivity index (χ0n) is 21.7. The SMILES string of the molecule is CCOC(=O)C(C)=Cc1ccccc1C1C(C(=O)OCC)=C(C)NC(CN(C)C)=C1C(=O)OCC. The van der Waals surface area contributed by atoms with Crippen LogP contribution in [0.2, 0.25) is 0 Å². The van der Waals surface area contributed by atoms with Gasteiger partial charge in [-0.05, 0) is 65.9 Å². The lowest BCUT2D eigenvalue weighted by Gasteiger charge is -2.33. The Hall–Kier alpha value is -3.39. The van der Waals surface area contributed by atoms with E-state index in [1.54, 1.807) is 40.7 Å². The molecule has 0 bridgehead atoms. The molecule has 1 aliphatic rings. The molecule has 1 aromatic carbocycles. The standard InChI is InChI=1S/C27H36N2O6/c1-8-33-25(30)17(4)15-19-13-11-12-14-20(19)23-22(26(31)34-9-2)18(5)28-21(16-29(6)7)24(23)27(32)35-10-3/h11-15,23,28H,8-10,16H2,1-7H3. The summed E-state index contributed by atoms with van der Waals surface area (Å²) in [5.41, 5.74) is 3.67. The molecule has 8 heteroatoms. The van der Waals surface area contributed by atoms with E-state index in [2.05, 4.69) is 5.32 Å². The zero-order valence-corrected chi connectivity index (χ0v) is 21.7. The number of dihydropyridines is 1. The first kappa shape index (κ1) is 27.9. The summed E-state index contributed by atoms with van der Waals surface area (Å²) >= 11 is 0. The lowest BCUT2D eigenvalue weighted by atomic mass is 9.78. The molecule has 1 atom stereocenters. The van der Waals surface area contributed by atoms with Crippen molar-refractivity contribution >= 4 is 24.0 Å². The molecule has 0 aromatic heterocycles. The van der Waals surface area contributed by atoms with Gasteiger partial charge in [0.2, 0.25) is 0 Å². The zero-order chi connectivity index (χ0) is 26.1. The maximum atomic E-state index is 13.3. The van der Waals surface area contributed by atoms with Gasteiger partial charge < -0.3 is 24.4 Å². The summed E-state index contributed by atoms with van der Waals surface area (Å²) in [6.07, 6.45) is 1.71. The number of esters is 3. The molecule has 0 spiro atoms. The lowest BCUT2D eigenvalue weighted by molar-refractivity contribution is -0.140. The number of hydrogen-bond acceptors (Lipinski definition) is 8. The van der Waals surface area contributed by atoms with Gasteiger partial charge in [0.1, 0.15) is 0 Å². The first-order valence-corrected chi connectivity index (χ1v) is 11.8. The first-order chi connectivity index (χ1) is 16.7. The van der Waals surface area contributed by atoms with Crippen LogP contribution in [0.15, 0.2) is 52.4 Å². The summed E-state index contributed by atoms with van der Waals surface area (Å²) < 4.78 is 16.0. The summed E-state index contributed by atoms with van der Waals surface area (Å²) in [6, 6.07) is 7.36. The third-order valence-corrected chi connectivity index (χ3v) is 5.39. The van der Waals surface area contributed by atoms with E-state index in [0.717, 1.165) is 0 Å². The average molecular weight is 485 g/mol. The van der Waals surface area contributed by atoms with Crippen molar-refractivity contribution in [3.05, 3.63) is 63.5 Å². The molecule has 35 heavy (non-hydrogen) atoms. The van der Waals surface area contributed by atoms with E-state index in [0.29, 0.717) is 45.8 Å². The molecule has 8 nitrogen and oxygen atoms in total. The number of rotatable bonds is 10. The highest BCUT2D eigenvalue weighted by molar-refractivity contribution is 6.00. The second-order valence-electron chi connectivity index (χ2n) is 8.34. The summed E-state index contributed by atoms with van der Waals surface area (Å²) in [7, 11) is 3.79. The maximum Gasteiger partial charge on any atom is 0.336 e. The minimum absolute atomic E-state index is 0.186. The fourth-order valence-electron chi connectivity index (χ4n) is 4.02. The number of allylic oxidation sites excluding steroid dienone is 1. The Labute approximate surface area is 207 Å². The van der Waals surface area contributed by atoms with E-state index in [4.69, 9.17) is 14.2 Å². The normalized spacial score (nSPS) is 16.2. The van der Waals surface area contributed by atoms with E-state index in [1.807, 2.05) is 43.3 Å². The van der Waals surface area contributed by atoms with Crippen LogP contribution in [0, 0.1) is 0 Å². The molecule has 0 saturated heterocycles. The van der Waals surface area contributed by atoms with Crippen molar-refractivity contribution in [2.24, 2.45) is 0 Å². The monoisotopic (exact) mass is 484 g/mol. The van der Waals surface area contributed by atoms with Gasteiger partial charge in [0.05, 0.1) is 36.9 Å². The van der Waals surface area contributed by atoms with Crippen molar-refractivity contribution in [3.63, 3.8) is 0 Å². The maximum absolute atomic E-state index is 13.3. The number of nitrogens with zero attached hydrogens (tertiary/aromatic N) is 1. The Bertz CT molecular complexity index is 1050. The van der Waals surface area contributed by atoms with Crippen molar-refractivity contribution in [2.75, 3.05) is 40.5 Å². The number of benzene rings is 1. The quantitative estimate of drug-likeness (QED) is 0.306. The molecule has 1 heterocycles. The van der Waals surface area contributed by atoms with Crippen LogP contribution in [0.5, 0.6) is 0 Å². The van der Waals surface area contributed by atoms with Crippen molar-refractivity contribution in [1.82, 2.24) is 10.2 Å². The van der Waals surface area contributed by atoms with Crippen LogP contribution in [0.25, 0.3) is 6.08 Å². The van der Waals surface area contributed by atoms with E-state index >= 15 is 0 Å². The molecule has 1 N–H and O–H groups in total. The molecule has 0 amide bonds. The summed E-state index contributed by atoms with van der Waals surface area (Å²) in [5, 5.41) is 3.25. The highest BCUT2D eigenvalue weighted by Crippen LogP contribution is 2.41. The van der Waals surface area contributed by atoms with Gasteiger partial charge in [-0.2, -0.15) is 0 Å². The lowest BCUT2D eigenvalue weighted by Crippen LogP contribution is -2.37. The van der Waals surface area contributed by atoms with Gasteiger partial charge in [-0.25, -0.2) is 14.4 Å². The summed E-state index contributed by atoms with van der Waals surface area (Å²) in [5.74, 6) is -2.22. The molecule has 0 radical (unpaired) electrons. The Balaban J connectivity index is 2.83. The summed E-state index contributed by atoms with van der Waals surface area (Å²) in [4.78, 5) is 40.7. The van der Waals surface area contributed by atoms with Gasteiger partial charge in [-0.3, -0.25) is 0 Å². The number of nitrogens with one attached hydrogen (secondary N) is 1. The number of carbonyl (C=O) groups excluding carboxylic acids is 3. The minimum atomic E-state index is -0.758. The van der Waals surface area contributed by atoms with Gasteiger partial charge in [-0.1, -0.05) is 24.3 Å². The third kappa shape index (κ3) is 6.82. The molecule has 2 rings (SSSR count). The van der Waals surface area contributed by atoms with Gasteiger partial charge in [-0.15, -0.1) is 0 Å². The fourth-order valence-corrected chi connectivity index (χ4v) is 4.02. The molecule has 190 valence electrons. The molecule has 1 aliphatic heterocycles. The van der Waals surface area contributed by atoms with Crippen LogP contribution >= 0.6 is 0 Å². The van der Waals surface area contributed by atoms with E-state index in [-0.39, 0.29) is 19.8 Å². The first-order valence-electron chi connectivity index (χ1n) is 11.8. The van der Waals surface area contributed by atoms with Crippen LogP contribution < -0.4 is 5.32 Å². The topological polar surface area (TPSA) is 94.2 Å². The molecule has 0 saturated carbocycles. The van der Waals surface area contributed by atoms with E-state index < -0.39 is 23.8 Å². The predicted molar refractivity (Wildman–Crippen MR) is 134 cm³/mol. The van der Waals surface area contributed by atoms with Crippen LogP contribution in [-0.2, 0) is 28.6 Å². The number of likely N-dealkylation sites (N-methyl/N-ethyl adjacent to an activating group) is 1. The predicted octanol–water partition coefficient (Wildman–Crippen LogP) is 3.56. The van der Waals surface area contributed by atoms with Crippen molar-refractivity contribution in [1.29, 1.82) is 0 Å². The molecule has 1 aromatic rings. The van der Waals surface area contributed by atoms with E-state index in [1.165, 1.54) is 0 Å². The number of hydrogen-bond donors (Lipinski definition) is 1. The largest absolute Gasteiger partial charge is 0.463 e. The number of carbonyl (C=O) groups is 3. The van der Waals surface area contributed by atoms with Crippen LogP contribution in [0.4, 0.5) is 0 Å². The van der Waals surface area contributed by atoms with Crippen LogP contribution in [0.1, 0.15) is 51.7 Å². The fraction of sp³-hybridized carbons (Fsp3) is 0.444. The Morgan fingerprint density at radius 1 is 0.943 bits per heavy atom. The van der Waals surface area contributed by atoms with Gasteiger partial charge in [0.25, 0.3) is 0 Å². The molecule has 0 aliphatic carbocycles. The second-order valence-corrected chi connectivity index (χ2v) is 8.34. The van der Waals surface area contributed by atoms with Crippen molar-refractivity contribution < 1.29 is 28.6 Å². The van der Waals surface area contributed by atoms with E-state index in [9.17, 15) is 14.4 Å². The van der Waals surface area contributed by atoms with Crippen LogP contribution in [0.3, 0.4) is 0 Å². The van der Waals surface area contributed by atoms with Gasteiger partial charge >= 0.3 is 17.9 Å². The second kappa shape index (κ2) is 12.9. The smallest absolute Gasteiger partial charge is 0.336 e. The molecule has 0 fully saturated rings. The molecular formula is C27H36N2O6. The number of ether oxygens (including phenoxy) is 3. The average Bonchev–Trinajstić information content (AvgIpc) is 2.79. The Morgan fingerprint density at radius 3 is 2.09 bits per heavy atom. The van der Waals surface area contributed by atoms with Gasteiger partial charge in [0.15, 0.2) is 0 Å². The van der Waals surface area contributed by atoms with Crippen LogP contribution in [-0.4, -0.2) is 63.3 Å². The summed E-state index contributed by atoms with van der Waals surface area (Å²) in [6.45, 7) is 9.75. The Kier molecular flexibility index (Phi) is 10.3. The molecular weight excluding hydrogens is 448 g/mol. The van der Waals surface area contributed by atoms with Crippen molar-refractivity contribution in [2.45, 2.75) is 40.5 Å². The molecule has 1 unspecified atom stereocenters. The third-order valence-electron chi connectivity index (χ3n) is 5.39. The highest BCUT2D eigenvalue weighted by Gasteiger charge is 2.39. The highest BCUT2D eigenvalue weighted by atomic mass is 16.5. The van der Waals surface area contributed by atoms with Gasteiger partial charge in [0, 0.05) is 23.5 Å². The van der Waals surface area contributed by atoms with Crippen molar-refractivity contribution in [3.8, 4) is 0 Å².